The molecular formula is C13H13FN2O. The lowest BCUT2D eigenvalue weighted by Crippen LogP contribution is -2.14. The summed E-state index contributed by atoms with van der Waals surface area (Å²) in [4.78, 5) is 16.1. The first kappa shape index (κ1) is 11.5. The van der Waals surface area contributed by atoms with E-state index in [1.165, 1.54) is 16.7 Å². The minimum atomic E-state index is -0.296. The Hall–Kier alpha value is -1.97. The summed E-state index contributed by atoms with van der Waals surface area (Å²) in [7, 11) is 0. The fourth-order valence-corrected chi connectivity index (χ4v) is 1.73. The molecule has 0 aliphatic heterocycles. The van der Waals surface area contributed by atoms with Crippen LogP contribution in [0.1, 0.15) is 21.9 Å². The summed E-state index contributed by atoms with van der Waals surface area (Å²) in [6.07, 6.45) is 1.96. The molecule has 0 N–H and O–H groups in total. The Morgan fingerprint density at radius 3 is 2.47 bits per heavy atom. The lowest BCUT2D eigenvalue weighted by atomic mass is 10.1. The highest BCUT2D eigenvalue weighted by atomic mass is 19.1. The van der Waals surface area contributed by atoms with E-state index in [1.807, 2.05) is 6.92 Å². The molecule has 1 aromatic heterocycles. The van der Waals surface area contributed by atoms with Gasteiger partial charge in [0, 0.05) is 6.20 Å². The van der Waals surface area contributed by atoms with E-state index >= 15 is 0 Å². The summed E-state index contributed by atoms with van der Waals surface area (Å²) in [6.45, 7) is 3.63. The van der Waals surface area contributed by atoms with Gasteiger partial charge in [0.2, 0.25) is 5.91 Å². The largest absolute Gasteiger partial charge is 0.274 e. The van der Waals surface area contributed by atoms with Crippen molar-refractivity contribution in [1.29, 1.82) is 0 Å². The smallest absolute Gasteiger partial charge is 0.236 e. The summed E-state index contributed by atoms with van der Waals surface area (Å²) in [5.74, 6) is 0.320. The van der Waals surface area contributed by atoms with Crippen LogP contribution in [0.3, 0.4) is 0 Å². The van der Waals surface area contributed by atoms with Gasteiger partial charge in [-0.2, -0.15) is 0 Å². The molecule has 0 radical (unpaired) electrons. The van der Waals surface area contributed by atoms with Crippen LogP contribution >= 0.6 is 0 Å². The molecule has 17 heavy (non-hydrogen) atoms. The van der Waals surface area contributed by atoms with Crippen LogP contribution in [0.2, 0.25) is 0 Å². The summed E-state index contributed by atoms with van der Waals surface area (Å²) in [6, 6.07) is 5.95. The molecule has 2 rings (SSSR count). The van der Waals surface area contributed by atoms with Crippen LogP contribution in [0, 0.1) is 19.7 Å². The number of halogens is 1. The van der Waals surface area contributed by atoms with Crippen molar-refractivity contribution in [3.05, 3.63) is 53.4 Å². The lowest BCUT2D eigenvalue weighted by molar-refractivity contribution is 0.0911. The van der Waals surface area contributed by atoms with Crippen molar-refractivity contribution in [2.75, 3.05) is 0 Å². The van der Waals surface area contributed by atoms with Crippen LogP contribution in [-0.4, -0.2) is 15.5 Å². The Bertz CT molecular complexity index is 543. The van der Waals surface area contributed by atoms with E-state index in [-0.39, 0.29) is 18.1 Å². The number of hydrogen-bond acceptors (Lipinski definition) is 2. The average Bonchev–Trinajstić information content (AvgIpc) is 2.61. The molecule has 0 unspecified atom stereocenters. The van der Waals surface area contributed by atoms with Crippen LogP contribution in [0.25, 0.3) is 0 Å². The molecule has 0 aliphatic rings. The molecule has 88 valence electrons. The topological polar surface area (TPSA) is 34.9 Å². The Balaban J connectivity index is 2.17. The maximum absolute atomic E-state index is 12.7. The second-order valence-corrected chi connectivity index (χ2v) is 4.00. The van der Waals surface area contributed by atoms with Gasteiger partial charge in [-0.15, -0.1) is 0 Å². The van der Waals surface area contributed by atoms with Crippen LogP contribution in [0.5, 0.6) is 0 Å². The minimum absolute atomic E-state index is 0.0605. The molecule has 2 aromatic rings. The molecule has 0 bridgehead atoms. The first-order valence-electron chi connectivity index (χ1n) is 5.36. The molecule has 0 saturated heterocycles. The maximum atomic E-state index is 12.7. The van der Waals surface area contributed by atoms with Crippen molar-refractivity contribution < 1.29 is 9.18 Å². The number of carbonyl (C=O) groups is 1. The molecule has 0 spiro atoms. The SMILES string of the molecule is Cc1cn(C(=O)Cc2ccc(F)cc2)c(C)n1. The summed E-state index contributed by atoms with van der Waals surface area (Å²) in [5, 5.41) is 0. The molecule has 1 aromatic carbocycles. The molecule has 0 saturated carbocycles. The number of nitrogens with zero attached hydrogens (tertiary/aromatic N) is 2. The lowest BCUT2D eigenvalue weighted by Gasteiger charge is -2.03. The molecule has 4 heteroatoms. The van der Waals surface area contributed by atoms with Gasteiger partial charge in [-0.05, 0) is 31.5 Å². The third kappa shape index (κ3) is 2.58. The third-order valence-corrected chi connectivity index (χ3v) is 2.54. The highest BCUT2D eigenvalue weighted by Gasteiger charge is 2.10. The molecule has 0 fully saturated rings. The van der Waals surface area contributed by atoms with Crippen molar-refractivity contribution in [2.45, 2.75) is 20.3 Å². The van der Waals surface area contributed by atoms with E-state index in [0.29, 0.717) is 5.82 Å². The third-order valence-electron chi connectivity index (χ3n) is 2.54. The number of benzene rings is 1. The predicted molar refractivity (Wildman–Crippen MR) is 62.4 cm³/mol. The Morgan fingerprint density at radius 2 is 1.94 bits per heavy atom. The second-order valence-electron chi connectivity index (χ2n) is 4.00. The fraction of sp³-hybridized carbons (Fsp3) is 0.231. The highest BCUT2D eigenvalue weighted by Crippen LogP contribution is 2.07. The summed E-state index contributed by atoms with van der Waals surface area (Å²) < 4.78 is 14.2. The standard InChI is InChI=1S/C13H13FN2O/c1-9-8-16(10(2)15-9)13(17)7-11-3-5-12(14)6-4-11/h3-6,8H,7H2,1-2H3. The number of carbonyl (C=O) groups excluding carboxylic acids is 1. The van der Waals surface area contributed by atoms with Crippen LogP contribution in [0.4, 0.5) is 4.39 Å². The van der Waals surface area contributed by atoms with Crippen molar-refractivity contribution in [3.8, 4) is 0 Å². The Labute approximate surface area is 98.9 Å². The van der Waals surface area contributed by atoms with E-state index in [1.54, 1.807) is 25.3 Å². The van der Waals surface area contributed by atoms with Gasteiger partial charge in [-0.3, -0.25) is 9.36 Å². The van der Waals surface area contributed by atoms with Crippen molar-refractivity contribution >= 4 is 5.91 Å². The number of rotatable bonds is 2. The number of aromatic nitrogens is 2. The van der Waals surface area contributed by atoms with Crippen molar-refractivity contribution in [1.82, 2.24) is 9.55 Å². The molecule has 3 nitrogen and oxygen atoms in total. The molecule has 0 aliphatic carbocycles. The Morgan fingerprint density at radius 1 is 1.29 bits per heavy atom. The zero-order chi connectivity index (χ0) is 12.4. The zero-order valence-corrected chi connectivity index (χ0v) is 9.77. The average molecular weight is 232 g/mol. The minimum Gasteiger partial charge on any atom is -0.274 e. The van der Waals surface area contributed by atoms with Gasteiger partial charge in [0.25, 0.3) is 0 Å². The van der Waals surface area contributed by atoms with Gasteiger partial charge >= 0.3 is 0 Å². The first-order valence-corrected chi connectivity index (χ1v) is 5.36. The second kappa shape index (κ2) is 4.49. The van der Waals surface area contributed by atoms with Gasteiger partial charge < -0.3 is 0 Å². The first-order chi connectivity index (χ1) is 8.06. The predicted octanol–water partition coefficient (Wildman–Crippen LogP) is 2.52. The van der Waals surface area contributed by atoms with Gasteiger partial charge in [0.15, 0.2) is 0 Å². The van der Waals surface area contributed by atoms with Gasteiger partial charge in [-0.1, -0.05) is 12.1 Å². The van der Waals surface area contributed by atoms with Gasteiger partial charge in [0.05, 0.1) is 12.1 Å². The van der Waals surface area contributed by atoms with E-state index in [0.717, 1.165) is 11.3 Å². The van der Waals surface area contributed by atoms with Gasteiger partial charge in [-0.25, -0.2) is 9.37 Å². The van der Waals surface area contributed by atoms with Gasteiger partial charge in [0.1, 0.15) is 11.6 Å². The molecule has 0 atom stereocenters. The Kier molecular flexibility index (Phi) is 3.04. The highest BCUT2D eigenvalue weighted by molar-refractivity contribution is 5.81. The van der Waals surface area contributed by atoms with Crippen LogP contribution in [0.15, 0.2) is 30.5 Å². The molecule has 1 heterocycles. The molecular weight excluding hydrogens is 219 g/mol. The van der Waals surface area contributed by atoms with Crippen LogP contribution < -0.4 is 0 Å². The number of aryl methyl sites for hydroxylation is 2. The quantitative estimate of drug-likeness (QED) is 0.797. The van der Waals surface area contributed by atoms with Crippen LogP contribution in [-0.2, 0) is 6.42 Å². The van der Waals surface area contributed by atoms with Crippen molar-refractivity contribution in [3.63, 3.8) is 0 Å². The van der Waals surface area contributed by atoms with Crippen molar-refractivity contribution in [2.24, 2.45) is 0 Å². The maximum Gasteiger partial charge on any atom is 0.236 e. The van der Waals surface area contributed by atoms with E-state index in [9.17, 15) is 9.18 Å². The van der Waals surface area contributed by atoms with E-state index in [4.69, 9.17) is 0 Å². The van der Waals surface area contributed by atoms with E-state index < -0.39 is 0 Å². The summed E-state index contributed by atoms with van der Waals surface area (Å²) in [5.41, 5.74) is 1.61. The monoisotopic (exact) mass is 232 g/mol. The molecule has 0 amide bonds. The number of hydrogen-bond donors (Lipinski definition) is 0. The number of imidazole rings is 1. The zero-order valence-electron chi connectivity index (χ0n) is 9.77. The fourth-order valence-electron chi connectivity index (χ4n) is 1.73. The van der Waals surface area contributed by atoms with E-state index in [2.05, 4.69) is 4.98 Å². The normalized spacial score (nSPS) is 10.5. The summed E-state index contributed by atoms with van der Waals surface area (Å²) >= 11 is 0.